The summed E-state index contributed by atoms with van der Waals surface area (Å²) in [7, 11) is 0. The molecule has 0 bridgehead atoms. The van der Waals surface area contributed by atoms with Crippen molar-refractivity contribution in [3.8, 4) is 11.4 Å². The zero-order valence-corrected chi connectivity index (χ0v) is 14.6. The first-order valence-corrected chi connectivity index (χ1v) is 8.67. The number of halogens is 2. The van der Waals surface area contributed by atoms with Crippen molar-refractivity contribution >= 4 is 11.6 Å². The number of aromatic amines is 1. The predicted molar refractivity (Wildman–Crippen MR) is 97.3 cm³/mol. The van der Waals surface area contributed by atoms with Crippen LogP contribution >= 0.6 is 11.6 Å². The van der Waals surface area contributed by atoms with Gasteiger partial charge in [0.25, 0.3) is 5.56 Å². The van der Waals surface area contributed by atoms with Gasteiger partial charge in [-0.2, -0.15) is 0 Å². The van der Waals surface area contributed by atoms with Gasteiger partial charge < -0.3 is 4.98 Å². The predicted octanol–water partition coefficient (Wildman–Crippen LogP) is 3.18. The van der Waals surface area contributed by atoms with Crippen LogP contribution in [-0.4, -0.2) is 26.4 Å². The number of nitrogens with zero attached hydrogens (tertiary/aromatic N) is 3. The van der Waals surface area contributed by atoms with Gasteiger partial charge in [-0.1, -0.05) is 23.7 Å². The molecule has 1 aromatic carbocycles. The molecule has 2 aromatic heterocycles. The van der Waals surface area contributed by atoms with Gasteiger partial charge in [-0.3, -0.25) is 14.7 Å². The molecule has 0 spiro atoms. The van der Waals surface area contributed by atoms with Crippen LogP contribution in [0, 0.1) is 5.82 Å². The molecule has 3 aromatic rings. The van der Waals surface area contributed by atoms with E-state index in [1.54, 1.807) is 30.6 Å². The molecule has 3 heterocycles. The first-order chi connectivity index (χ1) is 12.6. The first kappa shape index (κ1) is 16.9. The number of fused-ring (bicyclic) bond motifs is 1. The van der Waals surface area contributed by atoms with Gasteiger partial charge in [0.2, 0.25) is 0 Å². The minimum atomic E-state index is -0.394. The summed E-state index contributed by atoms with van der Waals surface area (Å²) in [6, 6.07) is 8.64. The van der Waals surface area contributed by atoms with E-state index in [1.165, 1.54) is 6.07 Å². The fourth-order valence-corrected chi connectivity index (χ4v) is 3.37. The molecule has 0 saturated carbocycles. The molecule has 1 N–H and O–H groups in total. The second-order valence-corrected chi connectivity index (χ2v) is 6.66. The Bertz CT molecular complexity index is 1010. The molecule has 5 nitrogen and oxygen atoms in total. The Morgan fingerprint density at radius 2 is 2.15 bits per heavy atom. The Morgan fingerprint density at radius 1 is 1.27 bits per heavy atom. The lowest BCUT2D eigenvalue weighted by Crippen LogP contribution is -2.35. The van der Waals surface area contributed by atoms with Crippen LogP contribution in [0.5, 0.6) is 0 Å². The van der Waals surface area contributed by atoms with Gasteiger partial charge in [0.1, 0.15) is 11.6 Å². The van der Waals surface area contributed by atoms with Crippen molar-refractivity contribution < 1.29 is 4.39 Å². The highest BCUT2D eigenvalue weighted by molar-refractivity contribution is 6.30. The summed E-state index contributed by atoms with van der Waals surface area (Å²) in [5.74, 6) is 0.104. The number of H-pyrrole nitrogens is 1. The van der Waals surface area contributed by atoms with Crippen LogP contribution in [0.4, 0.5) is 4.39 Å². The van der Waals surface area contributed by atoms with Crippen molar-refractivity contribution in [2.24, 2.45) is 0 Å². The van der Waals surface area contributed by atoms with Crippen LogP contribution in [-0.2, 0) is 19.5 Å². The summed E-state index contributed by atoms with van der Waals surface area (Å²) in [6.45, 7) is 1.57. The van der Waals surface area contributed by atoms with Crippen LogP contribution in [0.1, 0.15) is 16.8 Å². The Hall–Kier alpha value is -2.57. The van der Waals surface area contributed by atoms with Gasteiger partial charge in [-0.05, 0) is 24.6 Å². The highest BCUT2D eigenvalue weighted by Crippen LogP contribution is 2.23. The first-order valence-electron chi connectivity index (χ1n) is 8.29. The van der Waals surface area contributed by atoms with E-state index in [2.05, 4.69) is 19.9 Å². The normalized spacial score (nSPS) is 14.2. The summed E-state index contributed by atoms with van der Waals surface area (Å²) in [5, 5.41) is 0.119. The van der Waals surface area contributed by atoms with Crippen molar-refractivity contribution in [3.63, 3.8) is 0 Å². The molecular weight excluding hydrogens is 355 g/mol. The molecule has 0 aliphatic carbocycles. The lowest BCUT2D eigenvalue weighted by molar-refractivity contribution is 0.237. The molecule has 0 atom stereocenters. The zero-order valence-electron chi connectivity index (χ0n) is 13.9. The number of hydrogen-bond donors (Lipinski definition) is 1. The Balaban J connectivity index is 1.63. The molecule has 0 saturated heterocycles. The summed E-state index contributed by atoms with van der Waals surface area (Å²) >= 11 is 5.86. The minimum absolute atomic E-state index is 0.119. The number of benzene rings is 1. The van der Waals surface area contributed by atoms with E-state index >= 15 is 0 Å². The molecule has 1 aliphatic rings. The van der Waals surface area contributed by atoms with Crippen molar-refractivity contribution in [1.29, 1.82) is 0 Å². The Kier molecular flexibility index (Phi) is 4.53. The molecule has 1 aliphatic heterocycles. The maximum atomic E-state index is 14.2. The van der Waals surface area contributed by atoms with Crippen molar-refractivity contribution in [2.75, 3.05) is 6.54 Å². The highest BCUT2D eigenvalue weighted by Gasteiger charge is 2.22. The number of aromatic nitrogens is 3. The molecule has 0 radical (unpaired) electrons. The SMILES string of the molecule is O=c1[nH]c(-c2cccnc2)nc2c1CCN(Cc1cccc(Cl)c1F)C2. The van der Waals surface area contributed by atoms with E-state index in [9.17, 15) is 9.18 Å². The quantitative estimate of drug-likeness (QED) is 0.769. The maximum Gasteiger partial charge on any atom is 0.254 e. The summed E-state index contributed by atoms with van der Waals surface area (Å²) < 4.78 is 14.2. The van der Waals surface area contributed by atoms with Crippen LogP contribution in [0.3, 0.4) is 0 Å². The lowest BCUT2D eigenvalue weighted by atomic mass is 10.0. The van der Waals surface area contributed by atoms with Gasteiger partial charge in [0.05, 0.1) is 10.7 Å². The Morgan fingerprint density at radius 3 is 2.96 bits per heavy atom. The average molecular weight is 371 g/mol. The molecule has 132 valence electrons. The van der Waals surface area contributed by atoms with Crippen LogP contribution in [0.15, 0.2) is 47.5 Å². The monoisotopic (exact) mass is 370 g/mol. The average Bonchev–Trinajstić information content (AvgIpc) is 2.66. The van der Waals surface area contributed by atoms with Gasteiger partial charge in [0.15, 0.2) is 0 Å². The third-order valence-electron chi connectivity index (χ3n) is 4.51. The minimum Gasteiger partial charge on any atom is -0.306 e. The van der Waals surface area contributed by atoms with Crippen molar-refractivity contribution in [3.05, 3.63) is 80.7 Å². The number of rotatable bonds is 3. The van der Waals surface area contributed by atoms with E-state index in [4.69, 9.17) is 11.6 Å². The standard InChI is InChI=1S/C19H16ClFN4O/c20-15-5-1-3-13(17(15)21)10-25-8-6-14-16(11-25)23-18(24-19(14)26)12-4-2-7-22-9-12/h1-5,7,9H,6,8,10-11H2,(H,23,24,26). The van der Waals surface area contributed by atoms with E-state index in [1.807, 2.05) is 6.07 Å². The van der Waals surface area contributed by atoms with Gasteiger partial charge in [-0.15, -0.1) is 0 Å². The van der Waals surface area contributed by atoms with E-state index in [-0.39, 0.29) is 10.6 Å². The highest BCUT2D eigenvalue weighted by atomic mass is 35.5. The van der Waals surface area contributed by atoms with E-state index in [0.29, 0.717) is 43.0 Å². The van der Waals surface area contributed by atoms with Crippen molar-refractivity contribution in [2.45, 2.75) is 19.5 Å². The topological polar surface area (TPSA) is 61.9 Å². The Labute approximate surface area is 154 Å². The van der Waals surface area contributed by atoms with Gasteiger partial charge >= 0.3 is 0 Å². The van der Waals surface area contributed by atoms with Crippen LogP contribution < -0.4 is 5.56 Å². The van der Waals surface area contributed by atoms with Crippen LogP contribution in [0.2, 0.25) is 5.02 Å². The molecular formula is C19H16ClFN4O. The second-order valence-electron chi connectivity index (χ2n) is 6.26. The lowest BCUT2D eigenvalue weighted by Gasteiger charge is -2.28. The summed E-state index contributed by atoms with van der Waals surface area (Å²) in [4.78, 5) is 26.0. The number of hydrogen-bond acceptors (Lipinski definition) is 4. The molecule has 0 amide bonds. The largest absolute Gasteiger partial charge is 0.306 e. The molecule has 0 fully saturated rings. The molecule has 26 heavy (non-hydrogen) atoms. The number of pyridine rings is 1. The zero-order chi connectivity index (χ0) is 18.1. The number of nitrogens with one attached hydrogen (secondary N) is 1. The smallest absolute Gasteiger partial charge is 0.254 e. The van der Waals surface area contributed by atoms with Crippen LogP contribution in [0.25, 0.3) is 11.4 Å². The third-order valence-corrected chi connectivity index (χ3v) is 4.80. The molecule has 4 rings (SSSR count). The fraction of sp³-hybridized carbons (Fsp3) is 0.211. The van der Waals surface area contributed by atoms with Crippen molar-refractivity contribution in [1.82, 2.24) is 19.9 Å². The second kappa shape index (κ2) is 6.97. The fourth-order valence-electron chi connectivity index (χ4n) is 3.18. The maximum absolute atomic E-state index is 14.2. The van der Waals surface area contributed by atoms with Gasteiger partial charge in [-0.25, -0.2) is 9.37 Å². The molecule has 0 unspecified atom stereocenters. The third kappa shape index (κ3) is 3.25. The van der Waals surface area contributed by atoms with E-state index < -0.39 is 5.82 Å². The van der Waals surface area contributed by atoms with Gasteiger partial charge in [0, 0.05) is 48.7 Å². The molecule has 7 heteroatoms. The van der Waals surface area contributed by atoms with E-state index in [0.717, 1.165) is 11.3 Å². The summed E-state index contributed by atoms with van der Waals surface area (Å²) in [5.41, 5.74) is 2.59. The summed E-state index contributed by atoms with van der Waals surface area (Å²) in [6.07, 6.45) is 3.90.